The molecule has 2 aromatic rings. The van der Waals surface area contributed by atoms with Crippen molar-refractivity contribution in [1.82, 2.24) is 4.98 Å². The monoisotopic (exact) mass is 259 g/mol. The summed E-state index contributed by atoms with van der Waals surface area (Å²) in [7, 11) is 0. The Bertz CT molecular complexity index is 536. The number of furan rings is 1. The first-order chi connectivity index (χ1) is 9.31. The normalized spacial score (nSPS) is 14.3. The van der Waals surface area contributed by atoms with E-state index in [-0.39, 0.29) is 0 Å². The van der Waals surface area contributed by atoms with Crippen LogP contribution in [0.2, 0.25) is 0 Å². The topological polar surface area (TPSA) is 73.3 Å². The average Bonchev–Trinajstić information content (AvgIpc) is 3.10. The van der Waals surface area contributed by atoms with Gasteiger partial charge in [-0.1, -0.05) is 0 Å². The number of nitrogens with zero attached hydrogens (tertiary/aromatic N) is 1. The van der Waals surface area contributed by atoms with Crippen LogP contribution in [0.5, 0.6) is 5.88 Å². The number of nitrogens with two attached hydrogens (primary N) is 1. The van der Waals surface area contributed by atoms with E-state index in [0.717, 1.165) is 11.4 Å². The Balaban J connectivity index is 1.62. The third-order valence-corrected chi connectivity index (χ3v) is 3.10. The molecule has 0 spiro atoms. The van der Waals surface area contributed by atoms with Crippen molar-refractivity contribution in [1.29, 1.82) is 0 Å². The minimum atomic E-state index is 0.518. The zero-order valence-electron chi connectivity index (χ0n) is 10.6. The maximum Gasteiger partial charge on any atom is 0.239 e. The summed E-state index contributed by atoms with van der Waals surface area (Å²) < 4.78 is 10.7. The molecule has 100 valence electrons. The summed E-state index contributed by atoms with van der Waals surface area (Å²) in [5.41, 5.74) is 7.50. The third-order valence-electron chi connectivity index (χ3n) is 3.10. The van der Waals surface area contributed by atoms with Crippen molar-refractivity contribution in [3.05, 3.63) is 36.3 Å². The van der Waals surface area contributed by atoms with E-state index < -0.39 is 0 Å². The Kier molecular flexibility index (Phi) is 3.27. The van der Waals surface area contributed by atoms with Crippen LogP contribution in [0.25, 0.3) is 0 Å². The lowest BCUT2D eigenvalue weighted by Gasteiger charge is -2.10. The van der Waals surface area contributed by atoms with E-state index in [2.05, 4.69) is 10.3 Å². The first-order valence-corrected chi connectivity index (χ1v) is 6.45. The summed E-state index contributed by atoms with van der Waals surface area (Å²) in [6.45, 7) is 1.37. The van der Waals surface area contributed by atoms with Gasteiger partial charge in [0.1, 0.15) is 5.82 Å². The van der Waals surface area contributed by atoms with Crippen molar-refractivity contribution in [2.45, 2.75) is 19.4 Å². The SMILES string of the molecule is Nc1ccc(NCc2ccoc2)nc1OCC1CC1. The highest BCUT2D eigenvalue weighted by Gasteiger charge is 2.22. The molecule has 0 bridgehead atoms. The van der Waals surface area contributed by atoms with E-state index >= 15 is 0 Å². The summed E-state index contributed by atoms with van der Waals surface area (Å²) in [5, 5.41) is 3.21. The zero-order chi connectivity index (χ0) is 13.1. The number of hydrogen-bond donors (Lipinski definition) is 2. The van der Waals surface area contributed by atoms with Crippen molar-refractivity contribution >= 4 is 11.5 Å². The van der Waals surface area contributed by atoms with Gasteiger partial charge in [0.05, 0.1) is 24.8 Å². The van der Waals surface area contributed by atoms with Crippen LogP contribution in [-0.2, 0) is 6.54 Å². The molecule has 2 heterocycles. The van der Waals surface area contributed by atoms with Crippen molar-refractivity contribution in [2.75, 3.05) is 17.7 Å². The molecule has 5 heteroatoms. The fourth-order valence-electron chi connectivity index (χ4n) is 1.73. The van der Waals surface area contributed by atoms with Crippen LogP contribution in [0, 0.1) is 5.92 Å². The highest BCUT2D eigenvalue weighted by atomic mass is 16.5. The van der Waals surface area contributed by atoms with Gasteiger partial charge in [0.25, 0.3) is 0 Å². The maximum atomic E-state index is 5.86. The molecule has 0 saturated heterocycles. The maximum absolute atomic E-state index is 5.86. The predicted octanol–water partition coefficient (Wildman–Crippen LogP) is 2.66. The van der Waals surface area contributed by atoms with Crippen LogP contribution in [0.15, 0.2) is 35.1 Å². The van der Waals surface area contributed by atoms with Crippen LogP contribution in [0.4, 0.5) is 11.5 Å². The molecule has 1 aliphatic rings. The molecule has 0 unspecified atom stereocenters. The Labute approximate surface area is 111 Å². The minimum Gasteiger partial charge on any atom is -0.476 e. The van der Waals surface area contributed by atoms with Crippen LogP contribution in [0.3, 0.4) is 0 Å². The van der Waals surface area contributed by atoms with E-state index in [1.165, 1.54) is 12.8 Å². The minimum absolute atomic E-state index is 0.518. The molecule has 0 aliphatic heterocycles. The van der Waals surface area contributed by atoms with Crippen LogP contribution in [-0.4, -0.2) is 11.6 Å². The largest absolute Gasteiger partial charge is 0.476 e. The lowest BCUT2D eigenvalue weighted by atomic mass is 10.3. The molecule has 5 nitrogen and oxygen atoms in total. The van der Waals surface area contributed by atoms with Gasteiger partial charge in [0.2, 0.25) is 5.88 Å². The standard InChI is InChI=1S/C14H17N3O2/c15-12-3-4-13(16-7-11-5-6-18-8-11)17-14(12)19-9-10-1-2-10/h3-6,8,10H,1-2,7,9,15H2,(H,16,17). The lowest BCUT2D eigenvalue weighted by Crippen LogP contribution is -2.06. The number of anilines is 2. The molecule has 2 aromatic heterocycles. The van der Waals surface area contributed by atoms with Crippen LogP contribution < -0.4 is 15.8 Å². The van der Waals surface area contributed by atoms with Gasteiger partial charge in [-0.15, -0.1) is 0 Å². The number of pyridine rings is 1. The Morgan fingerprint density at radius 2 is 2.26 bits per heavy atom. The molecule has 0 radical (unpaired) electrons. The lowest BCUT2D eigenvalue weighted by molar-refractivity contribution is 0.290. The molecule has 3 rings (SSSR count). The van der Waals surface area contributed by atoms with Crippen molar-refractivity contribution < 1.29 is 9.15 Å². The van der Waals surface area contributed by atoms with E-state index in [0.29, 0.717) is 30.6 Å². The third kappa shape index (κ3) is 3.19. The van der Waals surface area contributed by atoms with Gasteiger partial charge in [-0.3, -0.25) is 0 Å². The number of aromatic nitrogens is 1. The van der Waals surface area contributed by atoms with Gasteiger partial charge in [-0.05, 0) is 37.0 Å². The average molecular weight is 259 g/mol. The number of rotatable bonds is 6. The van der Waals surface area contributed by atoms with Crippen molar-refractivity contribution in [3.8, 4) is 5.88 Å². The van der Waals surface area contributed by atoms with Crippen LogP contribution >= 0.6 is 0 Å². The van der Waals surface area contributed by atoms with Crippen molar-refractivity contribution in [2.24, 2.45) is 5.92 Å². The smallest absolute Gasteiger partial charge is 0.239 e. The predicted molar refractivity (Wildman–Crippen MR) is 72.9 cm³/mol. The number of nitrogens with one attached hydrogen (secondary N) is 1. The molecule has 3 N–H and O–H groups in total. The Hall–Kier alpha value is -2.17. The van der Waals surface area contributed by atoms with Gasteiger partial charge in [-0.2, -0.15) is 4.98 Å². The molecule has 19 heavy (non-hydrogen) atoms. The molecule has 1 aliphatic carbocycles. The zero-order valence-corrected chi connectivity index (χ0v) is 10.6. The van der Waals surface area contributed by atoms with Gasteiger partial charge in [0.15, 0.2) is 0 Å². The van der Waals surface area contributed by atoms with E-state index in [4.69, 9.17) is 14.9 Å². The second-order valence-electron chi connectivity index (χ2n) is 4.83. The first-order valence-electron chi connectivity index (χ1n) is 6.45. The first kappa shape index (κ1) is 11.9. The van der Waals surface area contributed by atoms with Gasteiger partial charge in [-0.25, -0.2) is 0 Å². The quantitative estimate of drug-likeness (QED) is 0.834. The summed E-state index contributed by atoms with van der Waals surface area (Å²) in [5.74, 6) is 1.95. The Morgan fingerprint density at radius 3 is 3.00 bits per heavy atom. The summed E-state index contributed by atoms with van der Waals surface area (Å²) in [6.07, 6.45) is 5.85. The highest BCUT2D eigenvalue weighted by Crippen LogP contribution is 2.30. The molecule has 1 fully saturated rings. The van der Waals surface area contributed by atoms with Crippen molar-refractivity contribution in [3.63, 3.8) is 0 Å². The fourth-order valence-corrected chi connectivity index (χ4v) is 1.73. The molecule has 0 aromatic carbocycles. The molecule has 0 amide bonds. The number of hydrogen-bond acceptors (Lipinski definition) is 5. The van der Waals surface area contributed by atoms with E-state index in [9.17, 15) is 0 Å². The van der Waals surface area contributed by atoms with Gasteiger partial charge >= 0.3 is 0 Å². The summed E-state index contributed by atoms with van der Waals surface area (Å²) in [6, 6.07) is 5.57. The molecular formula is C14H17N3O2. The number of nitrogen functional groups attached to an aromatic ring is 1. The summed E-state index contributed by atoms with van der Waals surface area (Å²) in [4.78, 5) is 4.38. The van der Waals surface area contributed by atoms with E-state index in [1.54, 1.807) is 12.5 Å². The fraction of sp³-hybridized carbons (Fsp3) is 0.357. The number of ether oxygens (including phenoxy) is 1. The Morgan fingerprint density at radius 1 is 1.37 bits per heavy atom. The second kappa shape index (κ2) is 5.22. The molecular weight excluding hydrogens is 242 g/mol. The van der Waals surface area contributed by atoms with E-state index in [1.807, 2.05) is 18.2 Å². The van der Waals surface area contributed by atoms with Crippen LogP contribution in [0.1, 0.15) is 18.4 Å². The van der Waals surface area contributed by atoms with Gasteiger partial charge < -0.3 is 20.2 Å². The van der Waals surface area contributed by atoms with Gasteiger partial charge in [0, 0.05) is 12.1 Å². The molecule has 0 atom stereocenters. The highest BCUT2D eigenvalue weighted by molar-refractivity contribution is 5.53. The molecule has 1 saturated carbocycles. The second-order valence-corrected chi connectivity index (χ2v) is 4.83. The summed E-state index contributed by atoms with van der Waals surface area (Å²) >= 11 is 0.